The molecule has 1 aromatic carbocycles. The third kappa shape index (κ3) is 4.38. The first kappa shape index (κ1) is 16.2. The van der Waals surface area contributed by atoms with Gasteiger partial charge in [0.05, 0.1) is 11.0 Å². The van der Waals surface area contributed by atoms with E-state index < -0.39 is 16.1 Å². The molecule has 1 heterocycles. The number of hydrogen-bond donors (Lipinski definition) is 2. The van der Waals surface area contributed by atoms with Crippen LogP contribution in [0, 0.1) is 0 Å². The van der Waals surface area contributed by atoms with E-state index in [2.05, 4.69) is 4.72 Å². The molecule has 2 unspecified atom stereocenters. The van der Waals surface area contributed by atoms with E-state index >= 15 is 0 Å². The zero-order valence-corrected chi connectivity index (χ0v) is 13.6. The predicted octanol–water partition coefficient (Wildman–Crippen LogP) is 2.71. The summed E-state index contributed by atoms with van der Waals surface area (Å²) in [5.74, 6) is 0. The lowest BCUT2D eigenvalue weighted by molar-refractivity contribution is 0.199. The van der Waals surface area contributed by atoms with Gasteiger partial charge in [0.2, 0.25) is 10.0 Å². The van der Waals surface area contributed by atoms with Crippen molar-refractivity contribution in [2.45, 2.75) is 37.3 Å². The van der Waals surface area contributed by atoms with Crippen molar-refractivity contribution in [1.29, 1.82) is 0 Å². The zero-order chi connectivity index (χ0) is 15.5. The molecule has 0 aliphatic carbocycles. The summed E-state index contributed by atoms with van der Waals surface area (Å²) in [6.45, 7) is 3.49. The molecule has 2 atom stereocenters. The number of aliphatic hydroxyl groups excluding tert-OH is 1. The maximum Gasteiger partial charge on any atom is 0.240 e. The SMILES string of the molecule is CC(Cc1cccs1)NS(=O)(=O)c1ccc(C(C)O)cc1. The van der Waals surface area contributed by atoms with Gasteiger partial charge < -0.3 is 5.11 Å². The molecule has 0 fully saturated rings. The van der Waals surface area contributed by atoms with Crippen LogP contribution >= 0.6 is 11.3 Å². The Balaban J connectivity index is 2.07. The molecule has 0 aliphatic heterocycles. The standard InChI is InChI=1S/C15H19NO3S2/c1-11(10-14-4-3-9-20-14)16-21(18,19)15-7-5-13(6-8-15)12(2)17/h3-9,11-12,16-17H,10H2,1-2H3. The Morgan fingerprint density at radius 3 is 2.38 bits per heavy atom. The average molecular weight is 325 g/mol. The topological polar surface area (TPSA) is 66.4 Å². The van der Waals surface area contributed by atoms with Crippen LogP contribution < -0.4 is 4.72 Å². The van der Waals surface area contributed by atoms with E-state index in [1.54, 1.807) is 30.4 Å². The van der Waals surface area contributed by atoms with E-state index in [1.165, 1.54) is 12.1 Å². The van der Waals surface area contributed by atoms with Gasteiger partial charge in [-0.05, 0) is 49.4 Å². The summed E-state index contributed by atoms with van der Waals surface area (Å²) in [4.78, 5) is 1.36. The minimum absolute atomic E-state index is 0.176. The van der Waals surface area contributed by atoms with Gasteiger partial charge in [-0.2, -0.15) is 0 Å². The van der Waals surface area contributed by atoms with Gasteiger partial charge in [-0.1, -0.05) is 18.2 Å². The van der Waals surface area contributed by atoms with Gasteiger partial charge in [0.1, 0.15) is 0 Å². The molecule has 0 aliphatic rings. The van der Waals surface area contributed by atoms with E-state index in [0.29, 0.717) is 12.0 Å². The Bertz CT molecular complexity index is 661. The molecule has 2 rings (SSSR count). The normalized spacial score (nSPS) is 14.8. The van der Waals surface area contributed by atoms with E-state index in [-0.39, 0.29) is 10.9 Å². The molecule has 6 heteroatoms. The lowest BCUT2D eigenvalue weighted by Gasteiger charge is -2.14. The second kappa shape index (κ2) is 6.70. The largest absolute Gasteiger partial charge is 0.389 e. The number of hydrogen-bond acceptors (Lipinski definition) is 4. The van der Waals surface area contributed by atoms with Crippen LogP contribution in [0.25, 0.3) is 0 Å². The first-order valence-corrected chi connectivity index (χ1v) is 9.07. The average Bonchev–Trinajstić information content (AvgIpc) is 2.90. The van der Waals surface area contributed by atoms with Crippen molar-refractivity contribution in [2.75, 3.05) is 0 Å². The minimum atomic E-state index is -3.53. The molecule has 0 radical (unpaired) electrons. The van der Waals surface area contributed by atoms with Gasteiger partial charge in [0, 0.05) is 10.9 Å². The summed E-state index contributed by atoms with van der Waals surface area (Å²) in [5.41, 5.74) is 0.695. The third-order valence-corrected chi connectivity index (χ3v) is 5.62. The molecule has 114 valence electrons. The van der Waals surface area contributed by atoms with Crippen LogP contribution in [0.2, 0.25) is 0 Å². The summed E-state index contributed by atoms with van der Waals surface area (Å²) in [5, 5.41) is 11.4. The maximum absolute atomic E-state index is 12.3. The Kier molecular flexibility index (Phi) is 5.16. The lowest BCUT2D eigenvalue weighted by atomic mass is 10.1. The van der Waals surface area contributed by atoms with Crippen LogP contribution in [0.15, 0.2) is 46.7 Å². The van der Waals surface area contributed by atoms with E-state index in [4.69, 9.17) is 0 Å². The minimum Gasteiger partial charge on any atom is -0.389 e. The molecule has 0 amide bonds. The fourth-order valence-electron chi connectivity index (χ4n) is 2.03. The molecule has 21 heavy (non-hydrogen) atoms. The molecule has 1 aromatic heterocycles. The van der Waals surface area contributed by atoms with E-state index in [1.807, 2.05) is 24.4 Å². The fourth-order valence-corrected chi connectivity index (χ4v) is 4.11. The Labute approximate surface area is 129 Å². The predicted molar refractivity (Wildman–Crippen MR) is 84.9 cm³/mol. The highest BCUT2D eigenvalue weighted by Gasteiger charge is 2.18. The Morgan fingerprint density at radius 1 is 1.19 bits per heavy atom. The second-order valence-electron chi connectivity index (χ2n) is 5.05. The van der Waals surface area contributed by atoms with Crippen molar-refractivity contribution >= 4 is 21.4 Å². The molecule has 2 N–H and O–H groups in total. The van der Waals surface area contributed by atoms with Crippen molar-refractivity contribution < 1.29 is 13.5 Å². The summed E-state index contributed by atoms with van der Waals surface area (Å²) in [7, 11) is -3.53. The number of aliphatic hydroxyl groups is 1. The molecular formula is C15H19NO3S2. The van der Waals surface area contributed by atoms with Gasteiger partial charge in [0.15, 0.2) is 0 Å². The molecule has 4 nitrogen and oxygen atoms in total. The number of thiophene rings is 1. The van der Waals surface area contributed by atoms with Crippen LogP contribution in [0.4, 0.5) is 0 Å². The molecule has 2 aromatic rings. The van der Waals surface area contributed by atoms with Gasteiger partial charge in [-0.3, -0.25) is 0 Å². The zero-order valence-electron chi connectivity index (χ0n) is 12.0. The number of sulfonamides is 1. The van der Waals surface area contributed by atoms with Crippen LogP contribution in [0.1, 0.15) is 30.4 Å². The second-order valence-corrected chi connectivity index (χ2v) is 7.80. The van der Waals surface area contributed by atoms with Crippen LogP contribution in [0.3, 0.4) is 0 Å². The number of benzene rings is 1. The van der Waals surface area contributed by atoms with E-state index in [9.17, 15) is 13.5 Å². The van der Waals surface area contributed by atoms with Gasteiger partial charge >= 0.3 is 0 Å². The summed E-state index contributed by atoms with van der Waals surface area (Å²) in [6, 6.07) is 10.1. The summed E-state index contributed by atoms with van der Waals surface area (Å²) in [6.07, 6.45) is 0.0651. The highest BCUT2D eigenvalue weighted by atomic mass is 32.2. The summed E-state index contributed by atoms with van der Waals surface area (Å²) >= 11 is 1.62. The monoisotopic (exact) mass is 325 g/mol. The number of rotatable bonds is 6. The van der Waals surface area contributed by atoms with Gasteiger partial charge in [0.25, 0.3) is 0 Å². The first-order chi connectivity index (χ1) is 9.88. The van der Waals surface area contributed by atoms with Crippen LogP contribution in [-0.2, 0) is 16.4 Å². The summed E-state index contributed by atoms with van der Waals surface area (Å²) < 4.78 is 27.2. The van der Waals surface area contributed by atoms with Crippen LogP contribution in [-0.4, -0.2) is 19.6 Å². The van der Waals surface area contributed by atoms with E-state index in [0.717, 1.165) is 4.88 Å². The van der Waals surface area contributed by atoms with Gasteiger partial charge in [-0.25, -0.2) is 13.1 Å². The first-order valence-electron chi connectivity index (χ1n) is 6.71. The molecule has 0 saturated carbocycles. The Morgan fingerprint density at radius 2 is 1.86 bits per heavy atom. The highest BCUT2D eigenvalue weighted by molar-refractivity contribution is 7.89. The van der Waals surface area contributed by atoms with Gasteiger partial charge in [-0.15, -0.1) is 11.3 Å². The maximum atomic E-state index is 12.3. The van der Waals surface area contributed by atoms with Crippen molar-refractivity contribution in [3.63, 3.8) is 0 Å². The fraction of sp³-hybridized carbons (Fsp3) is 0.333. The van der Waals surface area contributed by atoms with Crippen molar-refractivity contribution in [2.24, 2.45) is 0 Å². The molecular weight excluding hydrogens is 306 g/mol. The molecule has 0 spiro atoms. The number of nitrogens with one attached hydrogen (secondary N) is 1. The lowest BCUT2D eigenvalue weighted by Crippen LogP contribution is -2.33. The van der Waals surface area contributed by atoms with Crippen molar-refractivity contribution in [3.05, 3.63) is 52.2 Å². The molecule has 0 bridgehead atoms. The van der Waals surface area contributed by atoms with Crippen molar-refractivity contribution in [3.8, 4) is 0 Å². The highest BCUT2D eigenvalue weighted by Crippen LogP contribution is 2.17. The molecule has 0 saturated heterocycles. The Hall–Kier alpha value is -1.21. The quantitative estimate of drug-likeness (QED) is 0.858. The van der Waals surface area contributed by atoms with Crippen LogP contribution in [0.5, 0.6) is 0 Å². The smallest absolute Gasteiger partial charge is 0.240 e. The third-order valence-electron chi connectivity index (χ3n) is 3.12. The van der Waals surface area contributed by atoms with Crippen molar-refractivity contribution in [1.82, 2.24) is 4.72 Å².